The lowest BCUT2D eigenvalue weighted by Crippen LogP contribution is -2.19. The first kappa shape index (κ1) is 14.7. The van der Waals surface area contributed by atoms with Crippen molar-refractivity contribution in [2.45, 2.75) is 39.0 Å². The van der Waals surface area contributed by atoms with Crippen LogP contribution in [0.4, 0.5) is 11.4 Å². The predicted molar refractivity (Wildman–Crippen MR) is 83.6 cm³/mol. The summed E-state index contributed by atoms with van der Waals surface area (Å²) in [5, 5.41) is 3.30. The lowest BCUT2D eigenvalue weighted by molar-refractivity contribution is 0.100. The molecule has 0 spiro atoms. The molecule has 110 valence electrons. The second-order valence-corrected chi connectivity index (χ2v) is 5.98. The van der Waals surface area contributed by atoms with E-state index in [1.54, 1.807) is 18.2 Å². The summed E-state index contributed by atoms with van der Waals surface area (Å²) in [7, 11) is 0. The number of benzene rings is 1. The monoisotopic (exact) mass is 275 g/mol. The van der Waals surface area contributed by atoms with Gasteiger partial charge in [0.05, 0.1) is 16.9 Å². The predicted octanol–water partition coefficient (Wildman–Crippen LogP) is 3.00. The van der Waals surface area contributed by atoms with Crippen LogP contribution in [0.3, 0.4) is 0 Å². The van der Waals surface area contributed by atoms with E-state index in [1.807, 2.05) is 0 Å². The zero-order valence-electron chi connectivity index (χ0n) is 12.2. The molecule has 20 heavy (non-hydrogen) atoms. The Morgan fingerprint density at radius 3 is 2.65 bits per heavy atom. The third kappa shape index (κ3) is 3.65. The maximum Gasteiger partial charge on any atom is 0.250 e. The number of para-hydroxylation sites is 1. The number of nitrogens with one attached hydrogen (secondary N) is 1. The number of nitrogen functional groups attached to an aromatic ring is 1. The van der Waals surface area contributed by atoms with E-state index in [0.29, 0.717) is 16.9 Å². The highest BCUT2D eigenvalue weighted by Crippen LogP contribution is 2.30. The molecule has 1 fully saturated rings. The van der Waals surface area contributed by atoms with Crippen molar-refractivity contribution in [1.29, 1.82) is 0 Å². The van der Waals surface area contributed by atoms with Gasteiger partial charge in [-0.15, -0.1) is 0 Å². The molecule has 0 unspecified atom stereocenters. The number of rotatable bonds is 5. The highest BCUT2D eigenvalue weighted by atomic mass is 16.1. The lowest BCUT2D eigenvalue weighted by atomic mass is 9.81. The molecule has 4 nitrogen and oxygen atoms in total. The van der Waals surface area contributed by atoms with Gasteiger partial charge in [0, 0.05) is 6.54 Å². The normalized spacial score (nSPS) is 22.4. The number of amides is 1. The molecule has 1 aromatic carbocycles. The summed E-state index contributed by atoms with van der Waals surface area (Å²) in [5.74, 6) is 1.23. The van der Waals surface area contributed by atoms with Gasteiger partial charge in [-0.3, -0.25) is 4.79 Å². The molecule has 2 rings (SSSR count). The minimum atomic E-state index is -0.439. The van der Waals surface area contributed by atoms with Gasteiger partial charge in [-0.2, -0.15) is 0 Å². The Bertz CT molecular complexity index is 465. The van der Waals surface area contributed by atoms with Crippen molar-refractivity contribution < 1.29 is 4.79 Å². The fourth-order valence-electron chi connectivity index (χ4n) is 2.99. The van der Waals surface area contributed by atoms with Crippen LogP contribution >= 0.6 is 0 Å². The third-order valence-corrected chi connectivity index (χ3v) is 4.35. The van der Waals surface area contributed by atoms with Crippen LogP contribution in [0.25, 0.3) is 0 Å². The average molecular weight is 275 g/mol. The summed E-state index contributed by atoms with van der Waals surface area (Å²) in [5.41, 5.74) is 13.0. The summed E-state index contributed by atoms with van der Waals surface area (Å²) < 4.78 is 0. The van der Waals surface area contributed by atoms with Gasteiger partial charge in [0.2, 0.25) is 0 Å². The first-order chi connectivity index (χ1) is 9.58. The van der Waals surface area contributed by atoms with Crippen molar-refractivity contribution in [3.63, 3.8) is 0 Å². The minimum absolute atomic E-state index is 0.439. The number of carbonyl (C=O) groups is 1. The Morgan fingerprint density at radius 1 is 1.30 bits per heavy atom. The van der Waals surface area contributed by atoms with E-state index in [2.05, 4.69) is 12.2 Å². The maximum atomic E-state index is 11.4. The van der Waals surface area contributed by atoms with Gasteiger partial charge in [0.25, 0.3) is 5.91 Å². The number of anilines is 2. The average Bonchev–Trinajstić information content (AvgIpc) is 2.42. The van der Waals surface area contributed by atoms with Crippen molar-refractivity contribution >= 4 is 17.3 Å². The van der Waals surface area contributed by atoms with Crippen LogP contribution in [0, 0.1) is 11.8 Å². The molecule has 0 bridgehead atoms. The molecule has 1 saturated carbocycles. The first-order valence-electron chi connectivity index (χ1n) is 7.50. The summed E-state index contributed by atoms with van der Waals surface area (Å²) in [6.45, 7) is 3.17. The van der Waals surface area contributed by atoms with Gasteiger partial charge in [0.15, 0.2) is 0 Å². The van der Waals surface area contributed by atoms with Gasteiger partial charge in [-0.05, 0) is 30.4 Å². The Labute approximate surface area is 120 Å². The van der Waals surface area contributed by atoms with Crippen LogP contribution in [0.1, 0.15) is 49.4 Å². The Morgan fingerprint density at radius 2 is 2.00 bits per heavy atom. The van der Waals surface area contributed by atoms with Crippen LogP contribution in [0.2, 0.25) is 0 Å². The van der Waals surface area contributed by atoms with Crippen LogP contribution in [0.15, 0.2) is 18.2 Å². The van der Waals surface area contributed by atoms with Crippen LogP contribution in [-0.2, 0) is 0 Å². The van der Waals surface area contributed by atoms with Crippen LogP contribution < -0.4 is 16.8 Å². The second kappa shape index (κ2) is 6.64. The zero-order chi connectivity index (χ0) is 14.5. The fourth-order valence-corrected chi connectivity index (χ4v) is 2.99. The Hall–Kier alpha value is -1.71. The standard InChI is InChI=1S/C16H25N3O/c1-11-5-7-12(8-6-11)9-10-19-15-13(16(18)20)3-2-4-14(15)17/h2-4,11-12,19H,5-10,17H2,1H3,(H2,18,20). The molecule has 0 aromatic heterocycles. The fraction of sp³-hybridized carbons (Fsp3) is 0.562. The van der Waals surface area contributed by atoms with Gasteiger partial charge < -0.3 is 16.8 Å². The summed E-state index contributed by atoms with van der Waals surface area (Å²) in [4.78, 5) is 11.4. The van der Waals surface area contributed by atoms with Crippen LogP contribution in [0.5, 0.6) is 0 Å². The molecule has 0 atom stereocenters. The van der Waals surface area contributed by atoms with E-state index in [0.717, 1.165) is 24.8 Å². The molecule has 0 aliphatic heterocycles. The molecule has 0 saturated heterocycles. The second-order valence-electron chi connectivity index (χ2n) is 5.98. The lowest BCUT2D eigenvalue weighted by Gasteiger charge is -2.26. The topological polar surface area (TPSA) is 81.1 Å². The minimum Gasteiger partial charge on any atom is -0.397 e. The number of primary amides is 1. The van der Waals surface area contributed by atoms with Gasteiger partial charge in [-0.1, -0.05) is 38.7 Å². The van der Waals surface area contributed by atoms with E-state index in [1.165, 1.54) is 25.7 Å². The number of nitrogens with two attached hydrogens (primary N) is 2. The largest absolute Gasteiger partial charge is 0.397 e. The van der Waals surface area contributed by atoms with E-state index in [9.17, 15) is 4.79 Å². The maximum absolute atomic E-state index is 11.4. The Balaban J connectivity index is 1.89. The number of carbonyl (C=O) groups excluding carboxylic acids is 1. The van der Waals surface area contributed by atoms with E-state index < -0.39 is 5.91 Å². The first-order valence-corrected chi connectivity index (χ1v) is 7.50. The summed E-state index contributed by atoms with van der Waals surface area (Å²) in [6, 6.07) is 5.25. The molecular formula is C16H25N3O. The van der Waals surface area contributed by atoms with E-state index in [-0.39, 0.29) is 0 Å². The SMILES string of the molecule is CC1CCC(CCNc2c(N)cccc2C(N)=O)CC1. The molecule has 4 heteroatoms. The molecule has 1 aliphatic rings. The molecule has 0 heterocycles. The van der Waals surface area contributed by atoms with Crippen molar-refractivity contribution in [3.05, 3.63) is 23.8 Å². The quantitative estimate of drug-likeness (QED) is 0.722. The summed E-state index contributed by atoms with van der Waals surface area (Å²) in [6.07, 6.45) is 6.43. The van der Waals surface area contributed by atoms with Gasteiger partial charge in [-0.25, -0.2) is 0 Å². The van der Waals surface area contributed by atoms with Crippen LogP contribution in [-0.4, -0.2) is 12.5 Å². The van der Waals surface area contributed by atoms with E-state index >= 15 is 0 Å². The molecule has 1 amide bonds. The van der Waals surface area contributed by atoms with Crippen molar-refractivity contribution in [3.8, 4) is 0 Å². The number of hydrogen-bond donors (Lipinski definition) is 3. The molecule has 1 aromatic rings. The third-order valence-electron chi connectivity index (χ3n) is 4.35. The highest BCUT2D eigenvalue weighted by molar-refractivity contribution is 6.01. The van der Waals surface area contributed by atoms with Crippen molar-refractivity contribution in [2.24, 2.45) is 17.6 Å². The smallest absolute Gasteiger partial charge is 0.250 e. The number of hydrogen-bond acceptors (Lipinski definition) is 3. The van der Waals surface area contributed by atoms with Crippen molar-refractivity contribution in [1.82, 2.24) is 0 Å². The van der Waals surface area contributed by atoms with Gasteiger partial charge >= 0.3 is 0 Å². The molecule has 0 radical (unpaired) electrons. The van der Waals surface area contributed by atoms with E-state index in [4.69, 9.17) is 11.5 Å². The summed E-state index contributed by atoms with van der Waals surface area (Å²) >= 11 is 0. The molecule has 1 aliphatic carbocycles. The zero-order valence-corrected chi connectivity index (χ0v) is 12.2. The highest BCUT2D eigenvalue weighted by Gasteiger charge is 2.18. The molecule has 5 N–H and O–H groups in total. The van der Waals surface area contributed by atoms with Crippen molar-refractivity contribution in [2.75, 3.05) is 17.6 Å². The van der Waals surface area contributed by atoms with Gasteiger partial charge in [0.1, 0.15) is 0 Å². The molecular weight excluding hydrogens is 250 g/mol. The Kier molecular flexibility index (Phi) is 4.88.